The monoisotopic (exact) mass is 439 g/mol. The van der Waals surface area contributed by atoms with E-state index in [1.807, 2.05) is 53.9 Å². The molecule has 0 saturated carbocycles. The molecule has 4 aromatic rings. The van der Waals surface area contributed by atoms with E-state index in [-0.39, 0.29) is 17.1 Å². The highest BCUT2D eigenvalue weighted by Crippen LogP contribution is 2.30. The zero-order valence-corrected chi connectivity index (χ0v) is 18.8. The van der Waals surface area contributed by atoms with Crippen molar-refractivity contribution in [3.8, 4) is 22.4 Å². The lowest BCUT2D eigenvalue weighted by Crippen LogP contribution is -2.18. The summed E-state index contributed by atoms with van der Waals surface area (Å²) in [7, 11) is 0. The first kappa shape index (κ1) is 21.3. The third-order valence-electron chi connectivity index (χ3n) is 4.93. The van der Waals surface area contributed by atoms with Crippen LogP contribution in [-0.2, 0) is 5.41 Å². The number of rotatable bonds is 4. The summed E-state index contributed by atoms with van der Waals surface area (Å²) in [5, 5.41) is 5.17. The van der Waals surface area contributed by atoms with Gasteiger partial charge >= 0.3 is 0 Å². The van der Waals surface area contributed by atoms with Gasteiger partial charge in [-0.25, -0.2) is 19.8 Å². The first-order valence-corrected chi connectivity index (χ1v) is 10.9. The number of aromatic nitrogens is 3. The molecule has 0 spiro atoms. The fraction of sp³-hybridized carbons (Fsp3) is 0.160. The summed E-state index contributed by atoms with van der Waals surface area (Å²) in [5.74, 6) is -0.278. The number of nitrogens with zero attached hydrogens (tertiary/aromatic N) is 4. The molecule has 1 amide bonds. The van der Waals surface area contributed by atoms with Crippen LogP contribution in [0.15, 0.2) is 66.3 Å². The highest BCUT2D eigenvalue weighted by Gasteiger charge is 2.17. The van der Waals surface area contributed by atoms with Gasteiger partial charge in [0.15, 0.2) is 10.8 Å². The van der Waals surface area contributed by atoms with Crippen molar-refractivity contribution in [1.29, 1.82) is 0 Å². The first-order chi connectivity index (χ1) is 15.3. The van der Waals surface area contributed by atoms with Crippen molar-refractivity contribution in [2.45, 2.75) is 26.2 Å². The molecule has 2 heterocycles. The molecule has 2 aromatic heterocycles. The number of thiazole rings is 1. The first-order valence-electron chi connectivity index (χ1n) is 10.0. The van der Waals surface area contributed by atoms with Gasteiger partial charge in [-0.05, 0) is 28.2 Å². The lowest BCUT2D eigenvalue weighted by atomic mass is 9.89. The summed E-state index contributed by atoms with van der Waals surface area (Å²) < 4.78 is 0. The van der Waals surface area contributed by atoms with Gasteiger partial charge in [0, 0.05) is 23.3 Å². The molecule has 7 heteroatoms. The predicted octanol–water partition coefficient (Wildman–Crippen LogP) is 6.37. The predicted molar refractivity (Wildman–Crippen MR) is 128 cm³/mol. The van der Waals surface area contributed by atoms with Crippen LogP contribution in [0.5, 0.6) is 0 Å². The van der Waals surface area contributed by atoms with Crippen molar-refractivity contribution < 1.29 is 4.79 Å². The van der Waals surface area contributed by atoms with Gasteiger partial charge in [-0.2, -0.15) is 0 Å². The number of nitrogens with one attached hydrogen (secondary N) is 1. The third kappa shape index (κ3) is 4.71. The van der Waals surface area contributed by atoms with E-state index in [0.29, 0.717) is 10.8 Å². The van der Waals surface area contributed by atoms with Crippen molar-refractivity contribution >= 4 is 28.1 Å². The molecule has 0 bridgehead atoms. The van der Waals surface area contributed by atoms with Crippen LogP contribution >= 0.6 is 11.3 Å². The number of carbonyl (C=O) groups excluding carboxylic acids is 1. The van der Waals surface area contributed by atoms with E-state index < -0.39 is 0 Å². The summed E-state index contributed by atoms with van der Waals surface area (Å²) in [6.07, 6.45) is 3.37. The van der Waals surface area contributed by atoms with Gasteiger partial charge in [0.25, 0.3) is 5.91 Å². The van der Waals surface area contributed by atoms with Crippen molar-refractivity contribution in [2.75, 3.05) is 5.32 Å². The summed E-state index contributed by atoms with van der Waals surface area (Å²) in [4.78, 5) is 28.9. The lowest BCUT2D eigenvalue weighted by molar-refractivity contribution is 0.101. The Bertz CT molecular complexity index is 1300. The molecule has 0 unspecified atom stereocenters. The average Bonchev–Trinajstić information content (AvgIpc) is 3.27. The van der Waals surface area contributed by atoms with Gasteiger partial charge in [-0.3, -0.25) is 10.1 Å². The highest BCUT2D eigenvalue weighted by molar-refractivity contribution is 7.14. The van der Waals surface area contributed by atoms with Crippen LogP contribution in [0.2, 0.25) is 0 Å². The fourth-order valence-corrected chi connectivity index (χ4v) is 3.75. The molecular formula is C25H21N5OS. The molecule has 1 N–H and O–H groups in total. The molecular weight excluding hydrogens is 418 g/mol. The molecule has 0 aliphatic heterocycles. The van der Waals surface area contributed by atoms with Crippen LogP contribution in [0, 0.1) is 6.57 Å². The van der Waals surface area contributed by atoms with Crippen LogP contribution < -0.4 is 5.32 Å². The molecule has 0 saturated heterocycles. The standard InChI is InChI=1S/C25H21N5OS/c1-25(2,3)19-13-27-22(28-14-19)23(31)30-24-29-21(15-32-24)18-7-5-6-17(12-18)16-8-10-20(26-4)11-9-16/h5-15H,1-3H3,(H,29,30,31). The maximum absolute atomic E-state index is 12.5. The van der Waals surface area contributed by atoms with Gasteiger partial charge in [0.05, 0.1) is 12.3 Å². The molecule has 4 rings (SSSR count). The Morgan fingerprint density at radius 2 is 1.69 bits per heavy atom. The Balaban J connectivity index is 1.50. The van der Waals surface area contributed by atoms with Crippen molar-refractivity contribution in [2.24, 2.45) is 0 Å². The van der Waals surface area contributed by atoms with Crippen LogP contribution in [0.3, 0.4) is 0 Å². The maximum atomic E-state index is 12.5. The SMILES string of the molecule is [C-]#[N+]c1ccc(-c2cccc(-c3csc(NC(=O)c4ncc(C(C)(C)C)cn4)n3)c2)cc1. The molecule has 2 aromatic carbocycles. The summed E-state index contributed by atoms with van der Waals surface area (Å²) >= 11 is 1.35. The highest BCUT2D eigenvalue weighted by atomic mass is 32.1. The summed E-state index contributed by atoms with van der Waals surface area (Å²) in [6.45, 7) is 13.3. The Labute approximate surface area is 190 Å². The number of amides is 1. The molecule has 6 nitrogen and oxygen atoms in total. The molecule has 0 aliphatic carbocycles. The summed E-state index contributed by atoms with van der Waals surface area (Å²) in [5.41, 5.74) is 5.28. The average molecular weight is 440 g/mol. The number of hydrogen-bond donors (Lipinski definition) is 1. The van der Waals surface area contributed by atoms with Crippen molar-refractivity contribution in [3.63, 3.8) is 0 Å². The van der Waals surface area contributed by atoms with Gasteiger partial charge in [0.1, 0.15) is 0 Å². The minimum absolute atomic E-state index is 0.0766. The Morgan fingerprint density at radius 3 is 2.34 bits per heavy atom. The topological polar surface area (TPSA) is 72.1 Å². The van der Waals surface area contributed by atoms with Crippen molar-refractivity contribution in [3.05, 3.63) is 89.1 Å². The lowest BCUT2D eigenvalue weighted by Gasteiger charge is -2.17. The van der Waals surface area contributed by atoms with E-state index >= 15 is 0 Å². The second-order valence-electron chi connectivity index (χ2n) is 8.28. The van der Waals surface area contributed by atoms with Crippen LogP contribution in [0.25, 0.3) is 27.2 Å². The van der Waals surface area contributed by atoms with Gasteiger partial charge in [-0.15, -0.1) is 11.3 Å². The zero-order valence-electron chi connectivity index (χ0n) is 18.0. The second-order valence-corrected chi connectivity index (χ2v) is 9.13. The molecule has 32 heavy (non-hydrogen) atoms. The number of anilines is 1. The van der Waals surface area contributed by atoms with E-state index in [1.54, 1.807) is 12.4 Å². The molecule has 0 fully saturated rings. The van der Waals surface area contributed by atoms with Crippen molar-refractivity contribution in [1.82, 2.24) is 15.0 Å². The van der Waals surface area contributed by atoms with E-state index in [0.717, 1.165) is 27.9 Å². The van der Waals surface area contributed by atoms with Gasteiger partial charge in [0.2, 0.25) is 5.82 Å². The Kier molecular flexibility index (Phi) is 5.80. The van der Waals surface area contributed by atoms with Gasteiger partial charge < -0.3 is 0 Å². The normalized spacial score (nSPS) is 11.1. The summed E-state index contributed by atoms with van der Waals surface area (Å²) in [6, 6.07) is 15.5. The minimum Gasteiger partial charge on any atom is -0.295 e. The van der Waals surface area contributed by atoms with E-state index in [1.165, 1.54) is 11.3 Å². The second kappa shape index (κ2) is 8.69. The zero-order chi connectivity index (χ0) is 22.7. The van der Waals surface area contributed by atoms with Crippen LogP contribution in [0.1, 0.15) is 37.0 Å². The molecule has 0 radical (unpaired) electrons. The van der Waals surface area contributed by atoms with E-state index in [4.69, 9.17) is 6.57 Å². The maximum Gasteiger partial charge on any atom is 0.295 e. The van der Waals surface area contributed by atoms with Crippen LogP contribution in [-0.4, -0.2) is 20.9 Å². The molecule has 158 valence electrons. The minimum atomic E-state index is -0.389. The quantitative estimate of drug-likeness (QED) is 0.375. The van der Waals surface area contributed by atoms with E-state index in [9.17, 15) is 4.79 Å². The molecule has 0 aliphatic rings. The molecule has 0 atom stereocenters. The third-order valence-corrected chi connectivity index (χ3v) is 5.69. The van der Waals surface area contributed by atoms with Gasteiger partial charge in [-0.1, -0.05) is 63.2 Å². The van der Waals surface area contributed by atoms with Crippen LogP contribution in [0.4, 0.5) is 10.8 Å². The largest absolute Gasteiger partial charge is 0.295 e. The number of carbonyl (C=O) groups is 1. The fourth-order valence-electron chi connectivity index (χ4n) is 3.04. The Morgan fingerprint density at radius 1 is 1.00 bits per heavy atom. The number of hydrogen-bond acceptors (Lipinski definition) is 5. The Hall–Kier alpha value is -3.89. The smallest absolute Gasteiger partial charge is 0.295 e. The van der Waals surface area contributed by atoms with E-state index in [2.05, 4.69) is 45.9 Å². The number of benzene rings is 2.